The minimum Gasteiger partial charge on any atom is -0.387 e. The van der Waals surface area contributed by atoms with Gasteiger partial charge in [0.1, 0.15) is 6.10 Å². The van der Waals surface area contributed by atoms with Gasteiger partial charge in [-0.05, 0) is 11.6 Å². The molecule has 12 heavy (non-hydrogen) atoms. The molecule has 64 valence electrons. The van der Waals surface area contributed by atoms with E-state index < -0.39 is 6.10 Å². The predicted molar refractivity (Wildman–Crippen MR) is 42.2 cm³/mol. The van der Waals surface area contributed by atoms with Crippen LogP contribution in [0.5, 0.6) is 0 Å². The average Bonchev–Trinajstić information content (AvgIpc) is 2.47. The number of nitrogens with zero attached hydrogens (tertiary/aromatic N) is 5. The molecule has 0 saturated carbocycles. The van der Waals surface area contributed by atoms with Gasteiger partial charge in [-0.2, -0.15) is 5.10 Å². The summed E-state index contributed by atoms with van der Waals surface area (Å²) in [5, 5.41) is 16.5. The largest absolute Gasteiger partial charge is 0.387 e. The smallest absolute Gasteiger partial charge is 0.101 e. The van der Waals surface area contributed by atoms with Gasteiger partial charge in [-0.15, -0.1) is 0 Å². The number of hydrogen-bond acceptors (Lipinski definition) is 3. The number of aromatic nitrogens is 2. The number of aliphatic hydroxyl groups excluding tert-OH is 1. The summed E-state index contributed by atoms with van der Waals surface area (Å²) in [4.78, 5) is 2.55. The van der Waals surface area contributed by atoms with Crippen LogP contribution in [0.2, 0.25) is 0 Å². The summed E-state index contributed by atoms with van der Waals surface area (Å²) < 4.78 is 1.54. The van der Waals surface area contributed by atoms with Crippen molar-refractivity contribution in [2.24, 2.45) is 12.2 Å². The van der Waals surface area contributed by atoms with Gasteiger partial charge in [0.25, 0.3) is 0 Å². The standard InChI is InChI=1S/C6H9N5O/c1-11-5(2-3-9-11)6(12)4-8-10-7/h2-3,6,12H,4H2,1H3/t6-/m0/s1. The topological polar surface area (TPSA) is 86.8 Å². The Balaban J connectivity index is 2.70. The quantitative estimate of drug-likeness (QED) is 0.409. The van der Waals surface area contributed by atoms with Crippen molar-refractivity contribution in [3.63, 3.8) is 0 Å². The second-order valence-electron chi connectivity index (χ2n) is 2.31. The lowest BCUT2D eigenvalue weighted by Gasteiger charge is -2.06. The molecule has 0 aliphatic heterocycles. The van der Waals surface area contributed by atoms with Crippen molar-refractivity contribution in [3.05, 3.63) is 28.4 Å². The second-order valence-corrected chi connectivity index (χ2v) is 2.31. The van der Waals surface area contributed by atoms with Crippen LogP contribution in [-0.2, 0) is 7.05 Å². The van der Waals surface area contributed by atoms with E-state index in [1.54, 1.807) is 19.3 Å². The summed E-state index contributed by atoms with van der Waals surface area (Å²) in [7, 11) is 1.72. The van der Waals surface area contributed by atoms with Crippen molar-refractivity contribution >= 4 is 0 Å². The molecule has 0 bridgehead atoms. The van der Waals surface area contributed by atoms with Gasteiger partial charge in [0.05, 0.1) is 12.2 Å². The van der Waals surface area contributed by atoms with Gasteiger partial charge >= 0.3 is 0 Å². The molecular weight excluding hydrogens is 158 g/mol. The number of rotatable bonds is 3. The second kappa shape index (κ2) is 3.75. The van der Waals surface area contributed by atoms with Gasteiger partial charge < -0.3 is 5.11 Å². The summed E-state index contributed by atoms with van der Waals surface area (Å²) in [6.45, 7) is 0.0377. The van der Waals surface area contributed by atoms with Gasteiger partial charge in [0.2, 0.25) is 0 Å². The molecule has 1 heterocycles. The Morgan fingerprint density at radius 2 is 2.67 bits per heavy atom. The van der Waals surface area contributed by atoms with Crippen molar-refractivity contribution in [3.8, 4) is 0 Å². The van der Waals surface area contributed by atoms with E-state index in [1.807, 2.05) is 0 Å². The van der Waals surface area contributed by atoms with Crippen molar-refractivity contribution < 1.29 is 5.11 Å². The van der Waals surface area contributed by atoms with Crippen LogP contribution >= 0.6 is 0 Å². The number of hydrogen-bond donors (Lipinski definition) is 1. The van der Waals surface area contributed by atoms with E-state index in [9.17, 15) is 5.11 Å². The molecule has 0 spiro atoms. The van der Waals surface area contributed by atoms with Crippen molar-refractivity contribution in [1.29, 1.82) is 0 Å². The van der Waals surface area contributed by atoms with Crippen molar-refractivity contribution in [2.75, 3.05) is 6.54 Å². The Morgan fingerprint density at radius 1 is 1.92 bits per heavy atom. The van der Waals surface area contributed by atoms with Crippen LogP contribution in [0.3, 0.4) is 0 Å². The van der Waals surface area contributed by atoms with Crippen LogP contribution in [0.1, 0.15) is 11.8 Å². The summed E-state index contributed by atoms with van der Waals surface area (Å²) in [6, 6.07) is 1.68. The van der Waals surface area contributed by atoms with Gasteiger partial charge in [-0.3, -0.25) is 4.68 Å². The fraction of sp³-hybridized carbons (Fsp3) is 0.500. The summed E-state index contributed by atoms with van der Waals surface area (Å²) in [6.07, 6.45) is 0.808. The van der Waals surface area contributed by atoms with Gasteiger partial charge in [-0.25, -0.2) is 0 Å². The highest BCUT2D eigenvalue weighted by Crippen LogP contribution is 2.10. The Bertz CT molecular complexity index is 301. The zero-order chi connectivity index (χ0) is 8.97. The molecule has 0 aliphatic carbocycles. The first-order chi connectivity index (χ1) is 5.75. The molecule has 0 aromatic carbocycles. The highest BCUT2D eigenvalue weighted by Gasteiger charge is 2.09. The van der Waals surface area contributed by atoms with Crippen LogP contribution < -0.4 is 0 Å². The minimum atomic E-state index is -0.770. The first kappa shape index (κ1) is 8.58. The van der Waals surface area contributed by atoms with E-state index in [4.69, 9.17) is 5.53 Å². The molecule has 1 atom stereocenters. The van der Waals surface area contributed by atoms with Crippen molar-refractivity contribution in [1.82, 2.24) is 9.78 Å². The maximum absolute atomic E-state index is 9.40. The van der Waals surface area contributed by atoms with Gasteiger partial charge in [-0.1, -0.05) is 5.11 Å². The zero-order valence-electron chi connectivity index (χ0n) is 6.62. The molecule has 0 saturated heterocycles. The molecule has 1 N–H and O–H groups in total. The van der Waals surface area contributed by atoms with Crippen LogP contribution in [0.25, 0.3) is 10.4 Å². The Labute approximate surface area is 69.1 Å². The maximum atomic E-state index is 9.40. The maximum Gasteiger partial charge on any atom is 0.101 e. The van der Waals surface area contributed by atoms with Crippen LogP contribution in [0, 0.1) is 0 Å². The zero-order valence-corrected chi connectivity index (χ0v) is 6.62. The molecule has 1 aromatic heterocycles. The first-order valence-corrected chi connectivity index (χ1v) is 3.42. The van der Waals surface area contributed by atoms with Crippen LogP contribution in [0.15, 0.2) is 17.4 Å². The Morgan fingerprint density at radius 3 is 3.17 bits per heavy atom. The number of azide groups is 1. The minimum absolute atomic E-state index is 0.0377. The highest BCUT2D eigenvalue weighted by molar-refractivity contribution is 5.04. The molecule has 0 radical (unpaired) electrons. The highest BCUT2D eigenvalue weighted by atomic mass is 16.3. The predicted octanol–water partition coefficient (Wildman–Crippen LogP) is 0.764. The third-order valence-electron chi connectivity index (χ3n) is 1.52. The third-order valence-corrected chi connectivity index (χ3v) is 1.52. The molecule has 6 heteroatoms. The molecule has 1 aromatic rings. The summed E-state index contributed by atoms with van der Waals surface area (Å²) >= 11 is 0. The molecule has 0 amide bonds. The van der Waals surface area contributed by atoms with Crippen LogP contribution in [0.4, 0.5) is 0 Å². The van der Waals surface area contributed by atoms with E-state index in [-0.39, 0.29) is 6.54 Å². The molecule has 0 fully saturated rings. The SMILES string of the molecule is Cn1nccc1[C@@H](O)CN=[N+]=[N-]. The van der Waals surface area contributed by atoms with Crippen molar-refractivity contribution in [2.45, 2.75) is 6.10 Å². The lowest BCUT2D eigenvalue weighted by molar-refractivity contribution is 0.177. The molecule has 0 aliphatic rings. The molecule has 6 nitrogen and oxygen atoms in total. The van der Waals surface area contributed by atoms with E-state index >= 15 is 0 Å². The average molecular weight is 167 g/mol. The number of aryl methyl sites for hydroxylation is 1. The Hall–Kier alpha value is -1.52. The third kappa shape index (κ3) is 1.75. The lowest BCUT2D eigenvalue weighted by Crippen LogP contribution is -2.07. The normalized spacial score (nSPS) is 12.2. The Kier molecular flexibility index (Phi) is 2.68. The molecular formula is C6H9N5O. The van der Waals surface area contributed by atoms with E-state index in [0.717, 1.165) is 0 Å². The first-order valence-electron chi connectivity index (χ1n) is 3.42. The summed E-state index contributed by atoms with van der Waals surface area (Å²) in [5.41, 5.74) is 8.65. The number of aliphatic hydroxyl groups is 1. The molecule has 0 unspecified atom stereocenters. The van der Waals surface area contributed by atoms with Gasteiger partial charge in [0.15, 0.2) is 0 Å². The van der Waals surface area contributed by atoms with E-state index in [0.29, 0.717) is 5.69 Å². The monoisotopic (exact) mass is 167 g/mol. The fourth-order valence-electron chi connectivity index (χ4n) is 0.918. The van der Waals surface area contributed by atoms with Gasteiger partial charge in [0, 0.05) is 18.2 Å². The van der Waals surface area contributed by atoms with Crippen LogP contribution in [-0.4, -0.2) is 21.4 Å². The van der Waals surface area contributed by atoms with E-state index in [1.165, 1.54) is 4.68 Å². The van der Waals surface area contributed by atoms with E-state index in [2.05, 4.69) is 15.1 Å². The lowest BCUT2D eigenvalue weighted by atomic mass is 10.2. The molecule has 1 rings (SSSR count). The fourth-order valence-corrected chi connectivity index (χ4v) is 0.918. The summed E-state index contributed by atoms with van der Waals surface area (Å²) in [5.74, 6) is 0.